The number of benzene rings is 2. The Labute approximate surface area is 131 Å². The lowest BCUT2D eigenvalue weighted by Gasteiger charge is -2.12. The van der Waals surface area contributed by atoms with Gasteiger partial charge in [-0.3, -0.25) is 4.79 Å². The van der Waals surface area contributed by atoms with Crippen molar-refractivity contribution in [2.75, 3.05) is 11.9 Å². The Morgan fingerprint density at radius 3 is 2.71 bits per heavy atom. The number of aryl methyl sites for hydroxylation is 1. The standard InChI is InChI=1S/C16H15BrFNO2/c1-3-21-15-9-12(18)5-7-14(15)19-16(20)11-4-6-13(17)10(2)8-11/h4-9H,3H2,1-2H3,(H,19,20). The van der Waals surface area contributed by atoms with Crippen molar-refractivity contribution in [3.05, 3.63) is 57.8 Å². The fraction of sp³-hybridized carbons (Fsp3) is 0.188. The average molecular weight is 352 g/mol. The largest absolute Gasteiger partial charge is 0.492 e. The molecule has 1 amide bonds. The predicted molar refractivity (Wildman–Crippen MR) is 84.4 cm³/mol. The number of amides is 1. The van der Waals surface area contributed by atoms with Gasteiger partial charge < -0.3 is 10.1 Å². The summed E-state index contributed by atoms with van der Waals surface area (Å²) in [7, 11) is 0. The Balaban J connectivity index is 2.24. The number of halogens is 2. The van der Waals surface area contributed by atoms with E-state index in [0.29, 0.717) is 23.6 Å². The molecule has 110 valence electrons. The van der Waals surface area contributed by atoms with Crippen LogP contribution in [0.4, 0.5) is 10.1 Å². The molecule has 0 aliphatic heterocycles. The van der Waals surface area contributed by atoms with Crippen LogP contribution >= 0.6 is 15.9 Å². The van der Waals surface area contributed by atoms with E-state index in [0.717, 1.165) is 10.0 Å². The number of hydrogen-bond donors (Lipinski definition) is 1. The Bertz CT molecular complexity index is 673. The van der Waals surface area contributed by atoms with Crippen molar-refractivity contribution in [2.45, 2.75) is 13.8 Å². The van der Waals surface area contributed by atoms with Crippen molar-refractivity contribution < 1.29 is 13.9 Å². The molecule has 2 rings (SSSR count). The maximum atomic E-state index is 13.2. The molecule has 2 aromatic carbocycles. The maximum absolute atomic E-state index is 13.2. The number of ether oxygens (including phenoxy) is 1. The van der Waals surface area contributed by atoms with Gasteiger partial charge in [0, 0.05) is 16.1 Å². The number of carbonyl (C=O) groups excluding carboxylic acids is 1. The van der Waals surface area contributed by atoms with E-state index in [2.05, 4.69) is 21.2 Å². The number of hydrogen-bond acceptors (Lipinski definition) is 2. The molecule has 0 radical (unpaired) electrons. The van der Waals surface area contributed by atoms with Gasteiger partial charge in [0.05, 0.1) is 12.3 Å². The first-order valence-corrected chi connectivity index (χ1v) is 7.30. The molecule has 1 N–H and O–H groups in total. The van der Waals surface area contributed by atoms with Crippen molar-refractivity contribution >= 4 is 27.5 Å². The molecular formula is C16H15BrFNO2. The highest BCUT2D eigenvalue weighted by Gasteiger charge is 2.11. The van der Waals surface area contributed by atoms with Crippen LogP contribution in [-0.2, 0) is 0 Å². The summed E-state index contributed by atoms with van der Waals surface area (Å²) in [5.74, 6) is -0.353. The van der Waals surface area contributed by atoms with E-state index in [1.54, 1.807) is 19.1 Å². The summed E-state index contributed by atoms with van der Waals surface area (Å²) in [6.07, 6.45) is 0. The third-order valence-electron chi connectivity index (χ3n) is 2.91. The van der Waals surface area contributed by atoms with Crippen LogP contribution in [0.5, 0.6) is 5.75 Å². The molecule has 21 heavy (non-hydrogen) atoms. The lowest BCUT2D eigenvalue weighted by molar-refractivity contribution is 0.102. The van der Waals surface area contributed by atoms with Crippen LogP contribution in [0.15, 0.2) is 40.9 Å². The molecule has 3 nitrogen and oxygen atoms in total. The summed E-state index contributed by atoms with van der Waals surface area (Å²) in [6.45, 7) is 4.10. The minimum atomic E-state index is -0.407. The summed E-state index contributed by atoms with van der Waals surface area (Å²) in [6, 6.07) is 9.35. The highest BCUT2D eigenvalue weighted by atomic mass is 79.9. The minimum absolute atomic E-state index is 0.266. The van der Waals surface area contributed by atoms with E-state index in [1.165, 1.54) is 18.2 Å². The number of nitrogens with one attached hydrogen (secondary N) is 1. The third-order valence-corrected chi connectivity index (χ3v) is 3.80. The molecule has 0 aromatic heterocycles. The van der Waals surface area contributed by atoms with E-state index in [-0.39, 0.29) is 5.91 Å². The Kier molecular flexibility index (Phi) is 4.96. The van der Waals surface area contributed by atoms with Crippen LogP contribution in [0.3, 0.4) is 0 Å². The Morgan fingerprint density at radius 1 is 1.29 bits per heavy atom. The monoisotopic (exact) mass is 351 g/mol. The SMILES string of the molecule is CCOc1cc(F)ccc1NC(=O)c1ccc(Br)c(C)c1. The molecule has 0 unspecified atom stereocenters. The van der Waals surface area contributed by atoms with Gasteiger partial charge in [-0.15, -0.1) is 0 Å². The van der Waals surface area contributed by atoms with E-state index < -0.39 is 5.82 Å². The van der Waals surface area contributed by atoms with E-state index in [9.17, 15) is 9.18 Å². The highest BCUT2D eigenvalue weighted by molar-refractivity contribution is 9.10. The van der Waals surface area contributed by atoms with Crippen LogP contribution in [-0.4, -0.2) is 12.5 Å². The van der Waals surface area contributed by atoms with Crippen molar-refractivity contribution in [3.8, 4) is 5.75 Å². The molecule has 5 heteroatoms. The molecule has 0 heterocycles. The molecule has 0 bridgehead atoms. The van der Waals surface area contributed by atoms with Crippen molar-refractivity contribution in [1.29, 1.82) is 0 Å². The van der Waals surface area contributed by atoms with E-state index in [4.69, 9.17) is 4.74 Å². The molecule has 0 saturated carbocycles. The summed E-state index contributed by atoms with van der Waals surface area (Å²) >= 11 is 3.39. The summed E-state index contributed by atoms with van der Waals surface area (Å²) in [5, 5.41) is 2.74. The molecule has 0 atom stereocenters. The van der Waals surface area contributed by atoms with Crippen LogP contribution in [0.25, 0.3) is 0 Å². The number of anilines is 1. The first kappa shape index (κ1) is 15.5. The summed E-state index contributed by atoms with van der Waals surface area (Å²) in [4.78, 5) is 12.2. The fourth-order valence-corrected chi connectivity index (χ4v) is 2.10. The van der Waals surface area contributed by atoms with Crippen molar-refractivity contribution in [1.82, 2.24) is 0 Å². The fourth-order valence-electron chi connectivity index (χ4n) is 1.85. The Hall–Kier alpha value is -1.88. The molecular weight excluding hydrogens is 337 g/mol. The van der Waals surface area contributed by atoms with Gasteiger partial charge in [-0.05, 0) is 49.7 Å². The second-order valence-electron chi connectivity index (χ2n) is 4.49. The molecule has 0 aliphatic carbocycles. The number of rotatable bonds is 4. The van der Waals surface area contributed by atoms with Gasteiger partial charge in [0.1, 0.15) is 11.6 Å². The zero-order valence-electron chi connectivity index (χ0n) is 11.7. The first-order valence-electron chi connectivity index (χ1n) is 6.51. The lowest BCUT2D eigenvalue weighted by Crippen LogP contribution is -2.13. The summed E-state index contributed by atoms with van der Waals surface area (Å²) < 4.78 is 19.5. The number of carbonyl (C=O) groups is 1. The van der Waals surface area contributed by atoms with Gasteiger partial charge in [-0.25, -0.2) is 4.39 Å². The zero-order chi connectivity index (χ0) is 15.4. The first-order chi connectivity index (χ1) is 10.0. The highest BCUT2D eigenvalue weighted by Crippen LogP contribution is 2.26. The van der Waals surface area contributed by atoms with E-state index >= 15 is 0 Å². The minimum Gasteiger partial charge on any atom is -0.492 e. The van der Waals surface area contributed by atoms with Crippen LogP contribution in [0.1, 0.15) is 22.8 Å². The second kappa shape index (κ2) is 6.72. The van der Waals surface area contributed by atoms with Crippen molar-refractivity contribution in [3.63, 3.8) is 0 Å². The van der Waals surface area contributed by atoms with Gasteiger partial charge in [0.25, 0.3) is 5.91 Å². The van der Waals surface area contributed by atoms with Crippen molar-refractivity contribution in [2.24, 2.45) is 0 Å². The maximum Gasteiger partial charge on any atom is 0.255 e. The van der Waals surface area contributed by atoms with Crippen LogP contribution < -0.4 is 10.1 Å². The van der Waals surface area contributed by atoms with Gasteiger partial charge in [0.2, 0.25) is 0 Å². The third kappa shape index (κ3) is 3.82. The van der Waals surface area contributed by atoms with Crippen LogP contribution in [0.2, 0.25) is 0 Å². The predicted octanol–water partition coefficient (Wildman–Crippen LogP) is 4.55. The zero-order valence-corrected chi connectivity index (χ0v) is 13.3. The second-order valence-corrected chi connectivity index (χ2v) is 5.35. The van der Waals surface area contributed by atoms with Gasteiger partial charge in [-0.1, -0.05) is 15.9 Å². The topological polar surface area (TPSA) is 38.3 Å². The smallest absolute Gasteiger partial charge is 0.255 e. The molecule has 2 aromatic rings. The van der Waals surface area contributed by atoms with E-state index in [1.807, 2.05) is 13.0 Å². The molecule has 0 fully saturated rings. The van der Waals surface area contributed by atoms with Gasteiger partial charge in [0.15, 0.2) is 0 Å². The normalized spacial score (nSPS) is 10.3. The van der Waals surface area contributed by atoms with Crippen LogP contribution in [0, 0.1) is 12.7 Å². The summed E-state index contributed by atoms with van der Waals surface area (Å²) in [5.41, 5.74) is 1.94. The van der Waals surface area contributed by atoms with Gasteiger partial charge >= 0.3 is 0 Å². The molecule has 0 saturated heterocycles. The Morgan fingerprint density at radius 2 is 2.05 bits per heavy atom. The molecule has 0 aliphatic rings. The van der Waals surface area contributed by atoms with Gasteiger partial charge in [-0.2, -0.15) is 0 Å². The quantitative estimate of drug-likeness (QED) is 0.877. The average Bonchev–Trinajstić information content (AvgIpc) is 2.45. The molecule has 0 spiro atoms. The lowest BCUT2D eigenvalue weighted by atomic mass is 10.1.